The molecule has 0 radical (unpaired) electrons. The number of nitrogens with one attached hydrogen (secondary N) is 2. The standard InChI is InChI=1S/C16H21N3O2/c1-21-10-15(20)17-12-7-8-13-14(9-12)19-16(18-13)11-5-3-2-4-6-11/h7-9,11H,2-6,10H2,1H3,(H,17,20)(H,18,19). The maximum Gasteiger partial charge on any atom is 0.250 e. The summed E-state index contributed by atoms with van der Waals surface area (Å²) in [6, 6.07) is 5.75. The van der Waals surface area contributed by atoms with E-state index in [1.165, 1.54) is 39.2 Å². The molecular weight excluding hydrogens is 266 g/mol. The number of aromatic amines is 1. The molecule has 0 unspecified atom stereocenters. The Morgan fingerprint density at radius 3 is 2.95 bits per heavy atom. The largest absolute Gasteiger partial charge is 0.375 e. The van der Waals surface area contributed by atoms with Crippen molar-refractivity contribution in [3.63, 3.8) is 0 Å². The van der Waals surface area contributed by atoms with Crippen LogP contribution in [0.15, 0.2) is 18.2 Å². The second-order valence-electron chi connectivity index (χ2n) is 5.67. The van der Waals surface area contributed by atoms with Crippen LogP contribution in [0.1, 0.15) is 43.8 Å². The quantitative estimate of drug-likeness (QED) is 0.907. The van der Waals surface area contributed by atoms with Gasteiger partial charge in [0.15, 0.2) is 0 Å². The van der Waals surface area contributed by atoms with E-state index in [1.807, 2.05) is 18.2 Å². The van der Waals surface area contributed by atoms with E-state index in [0.717, 1.165) is 22.5 Å². The fraction of sp³-hybridized carbons (Fsp3) is 0.500. The predicted molar refractivity (Wildman–Crippen MR) is 82.4 cm³/mol. The molecule has 0 bridgehead atoms. The number of fused-ring (bicyclic) bond motifs is 1. The zero-order valence-corrected chi connectivity index (χ0v) is 12.3. The van der Waals surface area contributed by atoms with Gasteiger partial charge in [0.1, 0.15) is 12.4 Å². The van der Waals surface area contributed by atoms with Gasteiger partial charge in [0.05, 0.1) is 11.0 Å². The highest BCUT2D eigenvalue weighted by Gasteiger charge is 2.18. The molecule has 112 valence electrons. The van der Waals surface area contributed by atoms with Gasteiger partial charge in [-0.05, 0) is 31.0 Å². The van der Waals surface area contributed by atoms with Crippen LogP contribution in [0, 0.1) is 0 Å². The minimum atomic E-state index is -0.149. The average Bonchev–Trinajstić information content (AvgIpc) is 2.91. The van der Waals surface area contributed by atoms with Crippen molar-refractivity contribution >= 4 is 22.6 Å². The molecule has 1 aromatic heterocycles. The molecule has 2 N–H and O–H groups in total. The van der Waals surface area contributed by atoms with E-state index in [4.69, 9.17) is 9.72 Å². The van der Waals surface area contributed by atoms with Crippen LogP contribution >= 0.6 is 0 Å². The van der Waals surface area contributed by atoms with Crippen LogP contribution < -0.4 is 5.32 Å². The molecule has 1 aliphatic rings. The molecule has 3 rings (SSSR count). The molecule has 2 aromatic rings. The molecule has 1 heterocycles. The number of rotatable bonds is 4. The first kappa shape index (κ1) is 14.1. The van der Waals surface area contributed by atoms with Crippen molar-refractivity contribution in [1.29, 1.82) is 0 Å². The number of ether oxygens (including phenoxy) is 1. The summed E-state index contributed by atoms with van der Waals surface area (Å²) in [4.78, 5) is 19.7. The van der Waals surface area contributed by atoms with Gasteiger partial charge in [-0.15, -0.1) is 0 Å². The van der Waals surface area contributed by atoms with Crippen LogP contribution in [0.2, 0.25) is 0 Å². The lowest BCUT2D eigenvalue weighted by atomic mass is 9.89. The van der Waals surface area contributed by atoms with E-state index in [-0.39, 0.29) is 12.5 Å². The number of hydrogen-bond donors (Lipinski definition) is 2. The van der Waals surface area contributed by atoms with Gasteiger partial charge in [0.2, 0.25) is 5.91 Å². The minimum absolute atomic E-state index is 0.0638. The number of aromatic nitrogens is 2. The maximum absolute atomic E-state index is 11.5. The molecule has 5 nitrogen and oxygen atoms in total. The lowest BCUT2D eigenvalue weighted by Gasteiger charge is -2.18. The molecule has 1 saturated carbocycles. The van der Waals surface area contributed by atoms with E-state index >= 15 is 0 Å². The summed E-state index contributed by atoms with van der Waals surface area (Å²) in [5, 5.41) is 2.81. The zero-order chi connectivity index (χ0) is 14.7. The van der Waals surface area contributed by atoms with E-state index in [0.29, 0.717) is 5.92 Å². The Kier molecular flexibility index (Phi) is 4.20. The molecule has 0 aliphatic heterocycles. The Hall–Kier alpha value is -1.88. The Morgan fingerprint density at radius 2 is 2.19 bits per heavy atom. The first-order chi connectivity index (χ1) is 10.3. The number of methoxy groups -OCH3 is 1. The first-order valence-corrected chi connectivity index (χ1v) is 7.55. The van der Waals surface area contributed by atoms with Gasteiger partial charge >= 0.3 is 0 Å². The summed E-state index contributed by atoms with van der Waals surface area (Å²) in [6.45, 7) is 0.0638. The monoisotopic (exact) mass is 287 g/mol. The summed E-state index contributed by atoms with van der Waals surface area (Å²) >= 11 is 0. The Morgan fingerprint density at radius 1 is 1.38 bits per heavy atom. The fourth-order valence-corrected chi connectivity index (χ4v) is 3.00. The maximum atomic E-state index is 11.5. The second-order valence-corrected chi connectivity index (χ2v) is 5.67. The van der Waals surface area contributed by atoms with E-state index in [9.17, 15) is 4.79 Å². The second kappa shape index (κ2) is 6.26. The summed E-state index contributed by atoms with van der Waals surface area (Å²) in [5.41, 5.74) is 2.70. The number of anilines is 1. The fourth-order valence-electron chi connectivity index (χ4n) is 3.00. The molecule has 21 heavy (non-hydrogen) atoms. The van der Waals surface area contributed by atoms with Gasteiger partial charge in [-0.3, -0.25) is 4.79 Å². The van der Waals surface area contributed by atoms with Gasteiger partial charge in [0.25, 0.3) is 0 Å². The van der Waals surface area contributed by atoms with Crippen molar-refractivity contribution < 1.29 is 9.53 Å². The highest BCUT2D eigenvalue weighted by Crippen LogP contribution is 2.32. The third-order valence-electron chi connectivity index (χ3n) is 4.05. The zero-order valence-electron chi connectivity index (χ0n) is 12.3. The normalized spacial score (nSPS) is 16.2. The van der Waals surface area contributed by atoms with Crippen LogP contribution in [-0.2, 0) is 9.53 Å². The first-order valence-electron chi connectivity index (χ1n) is 7.55. The molecule has 0 spiro atoms. The van der Waals surface area contributed by atoms with Crippen molar-refractivity contribution in [3.8, 4) is 0 Å². The minimum Gasteiger partial charge on any atom is -0.375 e. The van der Waals surface area contributed by atoms with E-state index in [2.05, 4.69) is 10.3 Å². The van der Waals surface area contributed by atoms with Gasteiger partial charge in [-0.2, -0.15) is 0 Å². The highest BCUT2D eigenvalue weighted by molar-refractivity contribution is 5.93. The number of amides is 1. The van der Waals surface area contributed by atoms with Gasteiger partial charge in [-0.1, -0.05) is 19.3 Å². The van der Waals surface area contributed by atoms with Gasteiger partial charge in [0, 0.05) is 18.7 Å². The summed E-state index contributed by atoms with van der Waals surface area (Å²) in [5.74, 6) is 1.49. The Labute approximate surface area is 124 Å². The number of hydrogen-bond acceptors (Lipinski definition) is 3. The lowest BCUT2D eigenvalue weighted by molar-refractivity contribution is -0.119. The number of carbonyl (C=O) groups excluding carboxylic acids is 1. The third-order valence-corrected chi connectivity index (χ3v) is 4.05. The van der Waals surface area contributed by atoms with Crippen molar-refractivity contribution in [1.82, 2.24) is 9.97 Å². The summed E-state index contributed by atoms with van der Waals surface area (Å²) < 4.78 is 4.81. The smallest absolute Gasteiger partial charge is 0.250 e. The molecule has 1 amide bonds. The van der Waals surface area contributed by atoms with Crippen LogP contribution in [0.4, 0.5) is 5.69 Å². The lowest BCUT2D eigenvalue weighted by Crippen LogP contribution is -2.16. The molecule has 1 aliphatic carbocycles. The van der Waals surface area contributed by atoms with Crippen molar-refractivity contribution in [3.05, 3.63) is 24.0 Å². The molecule has 1 aromatic carbocycles. The number of carbonyl (C=O) groups is 1. The highest BCUT2D eigenvalue weighted by atomic mass is 16.5. The SMILES string of the molecule is COCC(=O)Nc1ccc2nc(C3CCCCC3)[nH]c2c1. The summed E-state index contributed by atoms with van der Waals surface area (Å²) in [7, 11) is 1.51. The molecule has 0 atom stereocenters. The van der Waals surface area contributed by atoms with Crippen LogP contribution in [0.25, 0.3) is 11.0 Å². The van der Waals surface area contributed by atoms with Crippen LogP contribution in [0.5, 0.6) is 0 Å². The molecular formula is C16H21N3O2. The third kappa shape index (κ3) is 3.24. The number of imidazole rings is 1. The van der Waals surface area contributed by atoms with Crippen molar-refractivity contribution in [2.75, 3.05) is 19.0 Å². The number of benzene rings is 1. The molecule has 0 saturated heterocycles. The average molecular weight is 287 g/mol. The van der Waals surface area contributed by atoms with Crippen molar-refractivity contribution in [2.24, 2.45) is 0 Å². The van der Waals surface area contributed by atoms with E-state index < -0.39 is 0 Å². The van der Waals surface area contributed by atoms with Gasteiger partial charge < -0.3 is 15.0 Å². The van der Waals surface area contributed by atoms with E-state index in [1.54, 1.807) is 0 Å². The Bertz CT molecular complexity index is 629. The number of H-pyrrole nitrogens is 1. The number of nitrogens with zero attached hydrogens (tertiary/aromatic N) is 1. The van der Waals surface area contributed by atoms with Gasteiger partial charge in [-0.25, -0.2) is 4.98 Å². The van der Waals surface area contributed by atoms with Crippen LogP contribution in [0.3, 0.4) is 0 Å². The predicted octanol–water partition coefficient (Wildman–Crippen LogP) is 3.20. The van der Waals surface area contributed by atoms with Crippen molar-refractivity contribution in [2.45, 2.75) is 38.0 Å². The molecule has 1 fully saturated rings. The van der Waals surface area contributed by atoms with Crippen LogP contribution in [-0.4, -0.2) is 29.6 Å². The Balaban J connectivity index is 1.79. The summed E-state index contributed by atoms with van der Waals surface area (Å²) in [6.07, 6.45) is 6.36. The topological polar surface area (TPSA) is 67.0 Å². The molecule has 5 heteroatoms.